The Hall–Kier alpha value is 0.200. The van der Waals surface area contributed by atoms with Gasteiger partial charge in [0.25, 0.3) is 0 Å². The molecule has 15 heavy (non-hydrogen) atoms. The van der Waals surface area contributed by atoms with Crippen LogP contribution in [-0.2, 0) is 0 Å². The Balaban J connectivity index is 2.22. The van der Waals surface area contributed by atoms with Crippen molar-refractivity contribution in [1.29, 1.82) is 0 Å². The summed E-state index contributed by atoms with van der Waals surface area (Å²) in [6.07, 6.45) is 7.49. The number of likely N-dealkylation sites (tertiary alicyclic amines) is 1. The van der Waals surface area contributed by atoms with Crippen LogP contribution in [0, 0.1) is 0 Å². The molecule has 1 aliphatic rings. The Bertz CT molecular complexity index is 179. The molecule has 1 saturated heterocycles. The SMILES string of the molecule is OCCCSC(=S)N1CCCCCCC1. The first-order chi connectivity index (χ1) is 7.34. The summed E-state index contributed by atoms with van der Waals surface area (Å²) in [6, 6.07) is 0. The molecular formula is C11H21NOS2. The fourth-order valence-corrected chi connectivity index (χ4v) is 2.99. The topological polar surface area (TPSA) is 23.5 Å². The molecule has 0 bridgehead atoms. The van der Waals surface area contributed by atoms with E-state index in [4.69, 9.17) is 17.3 Å². The molecule has 1 rings (SSSR count). The van der Waals surface area contributed by atoms with Crippen LogP contribution in [-0.4, -0.2) is 39.8 Å². The van der Waals surface area contributed by atoms with E-state index >= 15 is 0 Å². The number of aliphatic hydroxyl groups excluding tert-OH is 1. The van der Waals surface area contributed by atoms with Crippen molar-refractivity contribution in [3.05, 3.63) is 0 Å². The first-order valence-corrected chi connectivity index (χ1v) is 7.26. The zero-order valence-corrected chi connectivity index (χ0v) is 10.9. The molecule has 0 unspecified atom stereocenters. The van der Waals surface area contributed by atoms with E-state index in [2.05, 4.69) is 4.90 Å². The molecule has 0 aromatic heterocycles. The largest absolute Gasteiger partial charge is 0.396 e. The van der Waals surface area contributed by atoms with Crippen molar-refractivity contribution in [3.8, 4) is 0 Å². The van der Waals surface area contributed by atoms with Gasteiger partial charge < -0.3 is 10.0 Å². The summed E-state index contributed by atoms with van der Waals surface area (Å²) in [5.41, 5.74) is 0. The Morgan fingerprint density at radius 1 is 1.13 bits per heavy atom. The third-order valence-electron chi connectivity index (χ3n) is 2.64. The molecule has 2 nitrogen and oxygen atoms in total. The average Bonchev–Trinajstić information content (AvgIpc) is 2.17. The monoisotopic (exact) mass is 247 g/mol. The summed E-state index contributed by atoms with van der Waals surface area (Å²) < 4.78 is 1.03. The minimum Gasteiger partial charge on any atom is -0.396 e. The van der Waals surface area contributed by atoms with Gasteiger partial charge >= 0.3 is 0 Å². The van der Waals surface area contributed by atoms with Gasteiger partial charge in [0, 0.05) is 25.4 Å². The second-order valence-electron chi connectivity index (χ2n) is 3.95. The van der Waals surface area contributed by atoms with Crippen LogP contribution < -0.4 is 0 Å². The molecule has 0 amide bonds. The van der Waals surface area contributed by atoms with Crippen LogP contribution in [0.2, 0.25) is 0 Å². The number of nitrogens with zero attached hydrogens (tertiary/aromatic N) is 1. The van der Waals surface area contributed by atoms with Crippen molar-refractivity contribution in [3.63, 3.8) is 0 Å². The first-order valence-electron chi connectivity index (χ1n) is 5.87. The standard InChI is InChI=1S/C11H21NOS2/c13-9-6-10-15-11(14)12-7-4-2-1-3-5-8-12/h13H,1-10H2. The Kier molecular flexibility index (Phi) is 7.40. The summed E-state index contributed by atoms with van der Waals surface area (Å²) in [5, 5.41) is 8.70. The molecule has 0 spiro atoms. The maximum Gasteiger partial charge on any atom is 0.136 e. The number of hydrogen-bond acceptors (Lipinski definition) is 3. The van der Waals surface area contributed by atoms with Gasteiger partial charge in [-0.1, -0.05) is 43.2 Å². The highest BCUT2D eigenvalue weighted by Gasteiger charge is 2.11. The molecule has 4 heteroatoms. The lowest BCUT2D eigenvalue weighted by molar-refractivity contribution is 0.296. The molecule has 0 saturated carbocycles. The molecule has 0 atom stereocenters. The average molecular weight is 247 g/mol. The maximum absolute atomic E-state index is 8.70. The number of rotatable bonds is 3. The predicted molar refractivity (Wildman–Crippen MR) is 71.4 cm³/mol. The molecule has 0 aromatic rings. The molecule has 0 aliphatic carbocycles. The molecular weight excluding hydrogens is 226 g/mol. The van der Waals surface area contributed by atoms with E-state index in [-0.39, 0.29) is 6.61 Å². The lowest BCUT2D eigenvalue weighted by Gasteiger charge is -2.26. The summed E-state index contributed by atoms with van der Waals surface area (Å²) in [7, 11) is 0. The smallest absolute Gasteiger partial charge is 0.136 e. The lowest BCUT2D eigenvalue weighted by Crippen LogP contribution is -2.30. The van der Waals surface area contributed by atoms with Crippen LogP contribution in [0.25, 0.3) is 0 Å². The second-order valence-corrected chi connectivity index (χ2v) is 5.68. The first kappa shape index (κ1) is 13.3. The van der Waals surface area contributed by atoms with Gasteiger partial charge in [-0.15, -0.1) is 0 Å². The highest BCUT2D eigenvalue weighted by molar-refractivity contribution is 8.22. The number of aliphatic hydroxyl groups is 1. The third kappa shape index (κ3) is 5.73. The molecule has 88 valence electrons. The fourth-order valence-electron chi connectivity index (χ4n) is 1.75. The quantitative estimate of drug-likeness (QED) is 0.612. The predicted octanol–water partition coefficient (Wildman–Crippen LogP) is 2.65. The van der Waals surface area contributed by atoms with Crippen molar-refractivity contribution in [2.75, 3.05) is 25.4 Å². The van der Waals surface area contributed by atoms with Crippen LogP contribution in [0.1, 0.15) is 38.5 Å². The second kappa shape index (κ2) is 8.36. The Labute approximate surface area is 102 Å². The van der Waals surface area contributed by atoms with Gasteiger partial charge in [-0.2, -0.15) is 0 Å². The molecule has 1 N–H and O–H groups in total. The normalized spacial score (nSPS) is 18.3. The highest BCUT2D eigenvalue weighted by Crippen LogP contribution is 2.16. The minimum absolute atomic E-state index is 0.273. The third-order valence-corrected chi connectivity index (χ3v) is 4.25. The highest BCUT2D eigenvalue weighted by atomic mass is 32.2. The number of thiocarbonyl (C=S) groups is 1. The molecule has 0 radical (unpaired) electrons. The van der Waals surface area contributed by atoms with Gasteiger partial charge in [0.1, 0.15) is 4.32 Å². The summed E-state index contributed by atoms with van der Waals surface area (Å²) in [5.74, 6) is 0.950. The zero-order chi connectivity index (χ0) is 10.9. The van der Waals surface area contributed by atoms with Gasteiger partial charge in [0.05, 0.1) is 0 Å². The van der Waals surface area contributed by atoms with E-state index in [1.807, 2.05) is 0 Å². The van der Waals surface area contributed by atoms with Crippen molar-refractivity contribution < 1.29 is 5.11 Å². The van der Waals surface area contributed by atoms with E-state index in [1.165, 1.54) is 32.1 Å². The number of hydrogen-bond donors (Lipinski definition) is 1. The van der Waals surface area contributed by atoms with Gasteiger partial charge in [0.15, 0.2) is 0 Å². The van der Waals surface area contributed by atoms with Crippen molar-refractivity contribution in [2.24, 2.45) is 0 Å². The summed E-state index contributed by atoms with van der Waals surface area (Å²) >= 11 is 7.12. The Morgan fingerprint density at radius 2 is 1.73 bits per heavy atom. The fraction of sp³-hybridized carbons (Fsp3) is 0.909. The van der Waals surface area contributed by atoms with E-state index in [9.17, 15) is 0 Å². The minimum atomic E-state index is 0.273. The molecule has 1 heterocycles. The number of thioether (sulfide) groups is 1. The van der Waals surface area contributed by atoms with E-state index in [0.717, 1.165) is 29.6 Å². The molecule has 1 aliphatic heterocycles. The Morgan fingerprint density at radius 3 is 2.33 bits per heavy atom. The van der Waals surface area contributed by atoms with Crippen LogP contribution >= 0.6 is 24.0 Å². The van der Waals surface area contributed by atoms with Crippen LogP contribution in [0.3, 0.4) is 0 Å². The van der Waals surface area contributed by atoms with Crippen LogP contribution in [0.5, 0.6) is 0 Å². The summed E-state index contributed by atoms with van der Waals surface area (Å²) in [6.45, 7) is 2.53. The lowest BCUT2D eigenvalue weighted by atomic mass is 10.1. The van der Waals surface area contributed by atoms with Crippen molar-refractivity contribution in [1.82, 2.24) is 4.90 Å². The zero-order valence-electron chi connectivity index (χ0n) is 9.28. The van der Waals surface area contributed by atoms with Crippen LogP contribution in [0.15, 0.2) is 0 Å². The van der Waals surface area contributed by atoms with Crippen LogP contribution in [0.4, 0.5) is 0 Å². The molecule has 1 fully saturated rings. The van der Waals surface area contributed by atoms with Gasteiger partial charge in [-0.3, -0.25) is 0 Å². The van der Waals surface area contributed by atoms with Gasteiger partial charge in [0.2, 0.25) is 0 Å². The van der Waals surface area contributed by atoms with Gasteiger partial charge in [-0.05, 0) is 19.3 Å². The maximum atomic E-state index is 8.70. The molecule has 0 aromatic carbocycles. The van der Waals surface area contributed by atoms with E-state index in [1.54, 1.807) is 11.8 Å². The van der Waals surface area contributed by atoms with Crippen molar-refractivity contribution in [2.45, 2.75) is 38.5 Å². The van der Waals surface area contributed by atoms with E-state index < -0.39 is 0 Å². The van der Waals surface area contributed by atoms with Gasteiger partial charge in [-0.25, -0.2) is 0 Å². The summed E-state index contributed by atoms with van der Waals surface area (Å²) in [4.78, 5) is 2.34. The van der Waals surface area contributed by atoms with Crippen molar-refractivity contribution >= 4 is 28.3 Å². The van der Waals surface area contributed by atoms with E-state index in [0.29, 0.717) is 0 Å².